The molecule has 0 aliphatic rings. The summed E-state index contributed by atoms with van der Waals surface area (Å²) >= 11 is 0. The highest BCUT2D eigenvalue weighted by Crippen LogP contribution is 2.63. The summed E-state index contributed by atoms with van der Waals surface area (Å²) in [4.78, 5) is 0. The van der Waals surface area contributed by atoms with Crippen LogP contribution in [0.3, 0.4) is 0 Å². The predicted molar refractivity (Wildman–Crippen MR) is 69.1 cm³/mol. The topological polar surface area (TPSA) is 0 Å². The fourth-order valence-electron chi connectivity index (χ4n) is 1.87. The highest BCUT2D eigenvalue weighted by Gasteiger charge is 2.93. The van der Waals surface area contributed by atoms with Crippen molar-refractivity contribution >= 4 is 0 Å². The van der Waals surface area contributed by atoms with E-state index in [1.54, 1.807) is 0 Å². The zero-order valence-corrected chi connectivity index (χ0v) is 14.5. The fourth-order valence-corrected chi connectivity index (χ4v) is 1.87. The zero-order chi connectivity index (χ0) is 24.6. The van der Waals surface area contributed by atoms with Crippen LogP contribution in [0.15, 0.2) is 11.9 Å². The number of hydrogen-bond acceptors (Lipinski definition) is 0. The lowest BCUT2D eigenvalue weighted by molar-refractivity contribution is -0.450. The van der Waals surface area contributed by atoms with E-state index in [0.717, 1.165) is 0 Å². The summed E-state index contributed by atoms with van der Waals surface area (Å²) in [5.74, 6) is -51.4. The third-order valence-corrected chi connectivity index (χ3v) is 3.76. The molecule has 0 N–H and O–H groups in total. The smallest absolute Gasteiger partial charge is 0.205 e. The van der Waals surface area contributed by atoms with Crippen LogP contribution in [-0.2, 0) is 0 Å². The molecular weight excluding hydrogens is 472 g/mol. The number of hydrogen-bond donors (Lipinski definition) is 0. The van der Waals surface area contributed by atoms with E-state index in [1.165, 1.54) is 6.92 Å². The van der Waals surface area contributed by atoms with Crippen molar-refractivity contribution in [2.75, 3.05) is 0 Å². The molecule has 30 heavy (non-hydrogen) atoms. The lowest BCUT2D eigenvalue weighted by atomic mass is 9.90. The van der Waals surface area contributed by atoms with Crippen LogP contribution < -0.4 is 0 Å². The molecule has 0 rings (SSSR count). The van der Waals surface area contributed by atoms with Crippen molar-refractivity contribution in [1.29, 1.82) is 0 Å². The van der Waals surface area contributed by atoms with Crippen molar-refractivity contribution in [3.05, 3.63) is 11.9 Å². The molecule has 0 fully saturated rings. The maximum absolute atomic E-state index is 13.4. The van der Waals surface area contributed by atoms with Crippen molar-refractivity contribution in [1.82, 2.24) is 0 Å². The Bertz CT molecular complexity index is 612. The van der Waals surface area contributed by atoms with E-state index in [2.05, 4.69) is 0 Å². The molecule has 0 atom stereocenters. The summed E-state index contributed by atoms with van der Waals surface area (Å²) < 4.78 is 207. The van der Waals surface area contributed by atoms with Gasteiger partial charge in [0.15, 0.2) is 5.83 Å². The number of allylic oxidation sites excluding steroid dienone is 2. The zero-order valence-electron chi connectivity index (χ0n) is 14.5. The molecule has 0 bridgehead atoms. The maximum atomic E-state index is 13.4. The van der Waals surface area contributed by atoms with E-state index >= 15 is 0 Å². The van der Waals surface area contributed by atoms with Gasteiger partial charge in [-0.25, -0.2) is 4.39 Å². The van der Waals surface area contributed by atoms with Crippen LogP contribution in [0.2, 0.25) is 0 Å². The van der Waals surface area contributed by atoms with E-state index in [0.29, 0.717) is 6.42 Å². The first-order chi connectivity index (χ1) is 13.0. The van der Waals surface area contributed by atoms with E-state index in [1.807, 2.05) is 0 Å². The summed E-state index contributed by atoms with van der Waals surface area (Å²) in [6, 6.07) is 0. The van der Waals surface area contributed by atoms with Crippen LogP contribution in [0, 0.1) is 0 Å². The van der Waals surface area contributed by atoms with E-state index in [-0.39, 0.29) is 12.8 Å². The van der Waals surface area contributed by atoms with Gasteiger partial charge in [0.2, 0.25) is 0 Å². The summed E-state index contributed by atoms with van der Waals surface area (Å²) in [6.07, 6.45) is -8.59. The van der Waals surface area contributed by atoms with Crippen molar-refractivity contribution < 1.29 is 70.2 Å². The largest absolute Gasteiger partial charge is 0.460 e. The number of alkyl halides is 15. The molecule has 0 aromatic carbocycles. The molecule has 0 saturated heterocycles. The van der Waals surface area contributed by atoms with Gasteiger partial charge in [-0.15, -0.1) is 0 Å². The minimum absolute atomic E-state index is 0.179. The third-order valence-electron chi connectivity index (χ3n) is 3.76. The van der Waals surface area contributed by atoms with Crippen molar-refractivity contribution in [3.63, 3.8) is 0 Å². The predicted octanol–water partition coefficient (Wildman–Crippen LogP) is 7.79. The first-order valence-electron chi connectivity index (χ1n) is 7.68. The van der Waals surface area contributed by atoms with Gasteiger partial charge in [0, 0.05) is 0 Å². The van der Waals surface area contributed by atoms with Gasteiger partial charge in [-0.1, -0.05) is 19.8 Å². The Morgan fingerprint density at radius 3 is 1.30 bits per heavy atom. The lowest BCUT2D eigenvalue weighted by Gasteiger charge is -2.41. The van der Waals surface area contributed by atoms with Gasteiger partial charge in [0.25, 0.3) is 0 Å². The highest BCUT2D eigenvalue weighted by molar-refractivity contribution is 5.19. The van der Waals surface area contributed by atoms with Gasteiger partial charge in [0.1, 0.15) is 0 Å². The molecule has 0 nitrogen and oxygen atoms in total. The van der Waals surface area contributed by atoms with Crippen molar-refractivity contribution in [3.8, 4) is 0 Å². The summed E-state index contributed by atoms with van der Waals surface area (Å²) in [5.41, 5.74) is 0. The minimum Gasteiger partial charge on any atom is -0.205 e. The quantitative estimate of drug-likeness (QED) is 0.219. The maximum Gasteiger partial charge on any atom is 0.460 e. The molecule has 0 saturated carbocycles. The molecule has 0 aromatic heterocycles. The molecule has 0 radical (unpaired) electrons. The molecule has 0 spiro atoms. The van der Waals surface area contributed by atoms with Gasteiger partial charge < -0.3 is 0 Å². The first-order valence-corrected chi connectivity index (χ1v) is 7.68. The van der Waals surface area contributed by atoms with E-state index in [4.69, 9.17) is 0 Å². The van der Waals surface area contributed by atoms with Crippen LogP contribution in [-0.4, -0.2) is 41.7 Å². The van der Waals surface area contributed by atoms with Crippen LogP contribution in [0.1, 0.15) is 32.6 Å². The molecule has 0 aromatic rings. The van der Waals surface area contributed by atoms with Crippen LogP contribution in [0.5, 0.6) is 0 Å². The molecular formula is C14H12F16. The van der Waals surface area contributed by atoms with Gasteiger partial charge in [-0.2, -0.15) is 65.9 Å². The van der Waals surface area contributed by atoms with Crippen molar-refractivity contribution in [2.24, 2.45) is 0 Å². The Labute approximate surface area is 157 Å². The average Bonchev–Trinajstić information content (AvgIpc) is 2.56. The molecule has 0 heterocycles. The van der Waals surface area contributed by atoms with E-state index < -0.39 is 60.0 Å². The highest BCUT2D eigenvalue weighted by atomic mass is 19.4. The van der Waals surface area contributed by atoms with Gasteiger partial charge in [-0.05, 0) is 18.9 Å². The minimum atomic E-state index is -8.41. The third kappa shape index (κ3) is 4.18. The molecule has 0 unspecified atom stereocenters. The monoisotopic (exact) mass is 484 g/mol. The Kier molecular flexibility index (Phi) is 7.90. The standard InChI is InChI=1S/C14H12F16/c1-2-3-4-5-6-7(15)8(16,17)9(18,19)10(20,21)11(22,23)12(24,25)13(26,27)14(28,29)30/h6H,2-5H2,1H3/b7-6-. The van der Waals surface area contributed by atoms with Gasteiger partial charge in [-0.3, -0.25) is 0 Å². The van der Waals surface area contributed by atoms with Crippen molar-refractivity contribution in [2.45, 2.75) is 74.3 Å². The Morgan fingerprint density at radius 2 is 0.933 bits per heavy atom. The summed E-state index contributed by atoms with van der Waals surface area (Å²) in [7, 11) is 0. The van der Waals surface area contributed by atoms with Crippen LogP contribution >= 0.6 is 0 Å². The normalized spacial score (nSPS) is 16.2. The second-order valence-electron chi connectivity index (χ2n) is 5.99. The second-order valence-corrected chi connectivity index (χ2v) is 5.99. The SMILES string of the molecule is CCCCC/C=C(\F)C(F)(F)C(F)(F)C(F)(F)C(F)(F)C(F)(F)C(F)(F)C(F)(F)F. The summed E-state index contributed by atoms with van der Waals surface area (Å²) in [6.45, 7) is 1.53. The summed E-state index contributed by atoms with van der Waals surface area (Å²) in [5, 5.41) is 0. The van der Waals surface area contributed by atoms with Crippen LogP contribution in [0.25, 0.3) is 0 Å². The molecule has 0 aliphatic heterocycles. The molecule has 0 amide bonds. The molecule has 180 valence electrons. The lowest BCUT2D eigenvalue weighted by Crippen LogP contribution is -2.72. The molecule has 16 heteroatoms. The van der Waals surface area contributed by atoms with E-state index in [9.17, 15) is 70.2 Å². The number of unbranched alkanes of at least 4 members (excludes halogenated alkanes) is 3. The van der Waals surface area contributed by atoms with Gasteiger partial charge in [0.05, 0.1) is 0 Å². The average molecular weight is 484 g/mol. The Balaban J connectivity index is 6.35. The second kappa shape index (κ2) is 8.28. The molecule has 0 aliphatic carbocycles. The first kappa shape index (κ1) is 28.6. The fraction of sp³-hybridized carbons (Fsp3) is 0.857. The van der Waals surface area contributed by atoms with Gasteiger partial charge >= 0.3 is 41.7 Å². The Hall–Kier alpha value is -1.38. The Morgan fingerprint density at radius 1 is 0.567 bits per heavy atom. The number of rotatable bonds is 10. The number of halogens is 16. The van der Waals surface area contributed by atoms with Crippen LogP contribution in [0.4, 0.5) is 70.2 Å².